The van der Waals surface area contributed by atoms with Crippen molar-refractivity contribution < 1.29 is 19.2 Å². The zero-order valence-corrected chi connectivity index (χ0v) is 20.8. The Morgan fingerprint density at radius 1 is 0.758 bits per heavy atom. The molecule has 5 atom stereocenters. The van der Waals surface area contributed by atoms with Crippen LogP contribution in [-0.2, 0) is 24.6 Å². The smallest absolute Gasteiger partial charge is 0.233 e. The number of carbonyl (C=O) groups excluding carboxylic acids is 4. The highest BCUT2D eigenvalue weighted by Gasteiger charge is 2.64. The lowest BCUT2D eigenvalue weighted by molar-refractivity contribution is -0.155. The zero-order valence-electron chi connectivity index (χ0n) is 20.8. The van der Waals surface area contributed by atoms with Crippen molar-refractivity contribution in [2.24, 2.45) is 29.1 Å². The number of hydrogen-bond acceptors (Lipinski definition) is 4. The molecule has 33 heavy (non-hydrogen) atoms. The van der Waals surface area contributed by atoms with Crippen LogP contribution in [0.15, 0.2) is 30.3 Å². The van der Waals surface area contributed by atoms with E-state index in [4.69, 9.17) is 0 Å². The van der Waals surface area contributed by atoms with E-state index in [1.165, 1.54) is 16.8 Å². The van der Waals surface area contributed by atoms with Gasteiger partial charge < -0.3 is 0 Å². The van der Waals surface area contributed by atoms with E-state index < -0.39 is 34.6 Å². The molecule has 5 unspecified atom stereocenters. The Morgan fingerprint density at radius 2 is 1.18 bits per heavy atom. The predicted molar refractivity (Wildman–Crippen MR) is 125 cm³/mol. The summed E-state index contributed by atoms with van der Waals surface area (Å²) in [7, 11) is 1.50. The molecule has 4 amide bonds. The lowest BCUT2D eigenvalue weighted by Gasteiger charge is -2.56. The fourth-order valence-electron chi connectivity index (χ4n) is 6.60. The van der Waals surface area contributed by atoms with Crippen LogP contribution in [0.1, 0.15) is 66.4 Å². The minimum Gasteiger partial charge on any atom is -0.285 e. The van der Waals surface area contributed by atoms with Gasteiger partial charge in [0.1, 0.15) is 0 Å². The second-order valence-corrected chi connectivity index (χ2v) is 11.4. The van der Waals surface area contributed by atoms with Gasteiger partial charge in [0.05, 0.1) is 29.2 Å². The molecular weight excluding hydrogens is 416 g/mol. The first-order valence-electron chi connectivity index (χ1n) is 12.1. The third-order valence-corrected chi connectivity index (χ3v) is 9.94. The van der Waals surface area contributed by atoms with Crippen LogP contribution in [-0.4, -0.2) is 46.0 Å². The normalized spacial score (nSPS) is 29.9. The van der Waals surface area contributed by atoms with E-state index in [1.807, 2.05) is 32.0 Å². The SMILES string of the molecule is CCC(C)(N1C(=O)C2CC3C(=O)N(C)C(=O)C3CC2C1=O)C(C)(C)C(C)(C)c1ccccc1. The Bertz CT molecular complexity index is 972. The Balaban J connectivity index is 1.72. The molecule has 2 saturated heterocycles. The highest BCUT2D eigenvalue weighted by molar-refractivity contribution is 6.09. The van der Waals surface area contributed by atoms with Crippen LogP contribution in [0.25, 0.3) is 0 Å². The van der Waals surface area contributed by atoms with E-state index in [0.29, 0.717) is 6.42 Å². The standard InChI is InChI=1S/C27H36N2O4/c1-8-27(6,26(4,5)25(2,3)16-12-10-9-11-13-16)29-23(32)19-14-17-18(15-20(19)24(29)33)22(31)28(7)21(17)30/h9-13,17-20H,8,14-15H2,1-7H3. The van der Waals surface area contributed by atoms with Gasteiger partial charge in [0.15, 0.2) is 0 Å². The molecule has 2 aliphatic heterocycles. The third-order valence-electron chi connectivity index (χ3n) is 9.94. The van der Waals surface area contributed by atoms with Gasteiger partial charge in [-0.3, -0.25) is 29.0 Å². The molecule has 3 aliphatic rings. The topological polar surface area (TPSA) is 74.8 Å². The van der Waals surface area contributed by atoms with Crippen LogP contribution in [0.5, 0.6) is 0 Å². The van der Waals surface area contributed by atoms with Crippen molar-refractivity contribution in [1.29, 1.82) is 0 Å². The zero-order chi connectivity index (χ0) is 24.5. The number of hydrogen-bond donors (Lipinski definition) is 0. The molecule has 0 N–H and O–H groups in total. The summed E-state index contributed by atoms with van der Waals surface area (Å²) in [5, 5.41) is 0. The molecule has 0 aromatic heterocycles. The first-order chi connectivity index (χ1) is 15.3. The molecule has 2 heterocycles. The van der Waals surface area contributed by atoms with Crippen molar-refractivity contribution in [1.82, 2.24) is 9.80 Å². The Labute approximate surface area is 196 Å². The number of fused-ring (bicyclic) bond motifs is 2. The first-order valence-corrected chi connectivity index (χ1v) is 12.1. The Hall–Kier alpha value is -2.50. The fraction of sp³-hybridized carbons (Fsp3) is 0.630. The van der Waals surface area contributed by atoms with Crippen LogP contribution in [0.2, 0.25) is 0 Å². The molecule has 178 valence electrons. The molecule has 1 aliphatic carbocycles. The Kier molecular flexibility index (Phi) is 5.38. The van der Waals surface area contributed by atoms with Crippen LogP contribution in [0.4, 0.5) is 0 Å². The van der Waals surface area contributed by atoms with Gasteiger partial charge in [0, 0.05) is 7.05 Å². The molecule has 6 heteroatoms. The maximum Gasteiger partial charge on any atom is 0.233 e. The van der Waals surface area contributed by atoms with Gasteiger partial charge in [-0.2, -0.15) is 0 Å². The van der Waals surface area contributed by atoms with E-state index in [1.54, 1.807) is 0 Å². The number of imide groups is 2. The quantitative estimate of drug-likeness (QED) is 0.637. The van der Waals surface area contributed by atoms with Gasteiger partial charge in [0.2, 0.25) is 23.6 Å². The summed E-state index contributed by atoms with van der Waals surface area (Å²) in [6.45, 7) is 12.7. The number of rotatable bonds is 5. The van der Waals surface area contributed by atoms with Gasteiger partial charge in [-0.25, -0.2) is 0 Å². The van der Waals surface area contributed by atoms with Crippen LogP contribution < -0.4 is 0 Å². The fourth-order valence-corrected chi connectivity index (χ4v) is 6.60. The van der Waals surface area contributed by atoms with E-state index in [9.17, 15) is 19.2 Å². The van der Waals surface area contributed by atoms with Crippen molar-refractivity contribution in [3.05, 3.63) is 35.9 Å². The third kappa shape index (κ3) is 2.98. The molecular formula is C27H36N2O4. The van der Waals surface area contributed by atoms with Crippen molar-refractivity contribution in [3.8, 4) is 0 Å². The molecule has 1 saturated carbocycles. The second-order valence-electron chi connectivity index (χ2n) is 11.4. The van der Waals surface area contributed by atoms with E-state index in [-0.39, 0.29) is 41.9 Å². The summed E-state index contributed by atoms with van der Waals surface area (Å²) < 4.78 is 0. The summed E-state index contributed by atoms with van der Waals surface area (Å²) >= 11 is 0. The predicted octanol–water partition coefficient (Wildman–Crippen LogP) is 3.79. The lowest BCUT2D eigenvalue weighted by atomic mass is 9.54. The maximum absolute atomic E-state index is 13.8. The molecule has 1 aromatic carbocycles. The molecule has 1 aromatic rings. The monoisotopic (exact) mass is 452 g/mol. The van der Waals surface area contributed by atoms with Crippen LogP contribution in [0.3, 0.4) is 0 Å². The number of nitrogens with zero attached hydrogens (tertiary/aromatic N) is 2. The summed E-state index contributed by atoms with van der Waals surface area (Å²) in [6.07, 6.45) is 1.18. The van der Waals surface area contributed by atoms with E-state index >= 15 is 0 Å². The highest BCUT2D eigenvalue weighted by atomic mass is 16.2. The van der Waals surface area contributed by atoms with E-state index in [2.05, 4.69) is 39.8 Å². The van der Waals surface area contributed by atoms with Crippen molar-refractivity contribution in [2.75, 3.05) is 7.05 Å². The number of likely N-dealkylation sites (tertiary alicyclic amines) is 2. The summed E-state index contributed by atoms with van der Waals surface area (Å²) in [5.74, 6) is -2.81. The molecule has 0 radical (unpaired) electrons. The summed E-state index contributed by atoms with van der Waals surface area (Å²) in [6, 6.07) is 10.2. The van der Waals surface area contributed by atoms with Gasteiger partial charge in [-0.05, 0) is 42.6 Å². The number of carbonyl (C=O) groups is 4. The van der Waals surface area contributed by atoms with Crippen molar-refractivity contribution >= 4 is 23.6 Å². The summed E-state index contributed by atoms with van der Waals surface area (Å²) in [5.41, 5.74) is -0.382. The number of benzene rings is 1. The second kappa shape index (κ2) is 7.51. The van der Waals surface area contributed by atoms with Gasteiger partial charge >= 0.3 is 0 Å². The summed E-state index contributed by atoms with van der Waals surface area (Å²) in [4.78, 5) is 55.5. The average Bonchev–Trinajstić information content (AvgIpc) is 3.17. The van der Waals surface area contributed by atoms with Crippen molar-refractivity contribution in [2.45, 2.75) is 71.8 Å². The van der Waals surface area contributed by atoms with E-state index in [0.717, 1.165) is 5.56 Å². The lowest BCUT2D eigenvalue weighted by Crippen LogP contribution is -2.63. The first kappa shape index (κ1) is 23.7. The molecule has 0 spiro atoms. The minimum atomic E-state index is -0.738. The van der Waals surface area contributed by atoms with Crippen molar-refractivity contribution in [3.63, 3.8) is 0 Å². The van der Waals surface area contributed by atoms with Crippen LogP contribution >= 0.6 is 0 Å². The average molecular weight is 453 g/mol. The minimum absolute atomic E-state index is 0.181. The van der Waals surface area contributed by atoms with Crippen LogP contribution in [0, 0.1) is 29.1 Å². The highest BCUT2D eigenvalue weighted by Crippen LogP contribution is 2.56. The number of amides is 4. The molecule has 3 fully saturated rings. The van der Waals surface area contributed by atoms with Gasteiger partial charge in [0.25, 0.3) is 0 Å². The molecule has 6 nitrogen and oxygen atoms in total. The maximum atomic E-state index is 13.8. The molecule has 0 bridgehead atoms. The largest absolute Gasteiger partial charge is 0.285 e. The molecule has 4 rings (SSSR count). The Morgan fingerprint density at radius 3 is 1.61 bits per heavy atom. The van der Waals surface area contributed by atoms with Gasteiger partial charge in [-0.15, -0.1) is 0 Å². The van der Waals surface area contributed by atoms with Gasteiger partial charge in [-0.1, -0.05) is 65.0 Å².